The molecule has 4 amide bonds. The zero-order chi connectivity index (χ0) is 86.1. The molecule has 0 saturated carbocycles. The summed E-state index contributed by atoms with van der Waals surface area (Å²) < 4.78 is 0. The summed E-state index contributed by atoms with van der Waals surface area (Å²) in [5.41, 5.74) is 34.4. The van der Waals surface area contributed by atoms with Crippen LogP contribution in [0.3, 0.4) is 0 Å². The first-order valence-corrected chi connectivity index (χ1v) is 45.2. The number of halogens is 14. The molecular formula is C100H92Cl14N6O4. The first-order valence-electron chi connectivity index (χ1n) is 40.7. The van der Waals surface area contributed by atoms with Crippen LogP contribution in [0.15, 0.2) is 255 Å². The standard InChI is InChI=1S/4C17H15Cl2NO.2C16H15Cl2N.2ClH/c4*18-15-7-5-11(9-16(15)19)12-6-8-17(20-10-21)14-4-2-1-3-13(12)14;2*17-14-7-5-10(9-15(14)18)11-6-8-16(19)13-4-2-1-3-12(11)13;;/h4*1-5,7,9-10,12,17H,6,8H2,(H,20,21);2*1-5,7,9,11,16H,6,8,19H2;2*1H/t12-,17?;12-,17+;2*12-,17-;2*11-,16+;;/m011010../s1. The van der Waals surface area contributed by atoms with Crippen molar-refractivity contribution in [3.05, 3.63) is 415 Å². The van der Waals surface area contributed by atoms with Crippen molar-refractivity contribution in [2.45, 2.75) is 149 Å². The van der Waals surface area contributed by atoms with E-state index in [9.17, 15) is 19.2 Å². The molecule has 18 rings (SSSR count). The summed E-state index contributed by atoms with van der Waals surface area (Å²) in [5.74, 6) is 1.90. The number of hydrogen-bond acceptors (Lipinski definition) is 6. The lowest BCUT2D eigenvalue weighted by atomic mass is 9.77. The smallest absolute Gasteiger partial charge is 0.207 e. The van der Waals surface area contributed by atoms with Crippen LogP contribution >= 0.6 is 164 Å². The molecule has 24 heteroatoms. The molecule has 12 atom stereocenters. The fourth-order valence-corrected chi connectivity index (χ4v) is 20.1. The van der Waals surface area contributed by atoms with Gasteiger partial charge in [0.15, 0.2) is 0 Å². The Morgan fingerprint density at radius 2 is 0.355 bits per heavy atom. The average Bonchev–Trinajstić information content (AvgIpc) is 0.724. The number of hydrogen-bond donors (Lipinski definition) is 6. The molecule has 0 fully saturated rings. The Bertz CT molecular complexity index is 5110. The molecular weight excluding hydrogens is 1850 g/mol. The lowest BCUT2D eigenvalue weighted by Crippen LogP contribution is -2.26. The van der Waals surface area contributed by atoms with E-state index in [-0.39, 0.29) is 61.1 Å². The third-order valence-corrected chi connectivity index (χ3v) is 28.6. The number of nitrogens with two attached hydrogens (primary N) is 2. The SMILES string of the molecule is Cl.Cl.N[C@@H]1CC[C@@H](c2ccc(Cl)c(Cl)c2)c2ccccc21.N[C@H]1CC[C@H](c2ccc(Cl)c(Cl)c2)c2ccccc21.O=CNC1CC[C@@H](c2ccc(Cl)c(Cl)c2)c2ccccc21.O=CN[C@@H]1CC[C@H](c2ccc(Cl)c(Cl)c2)c2ccccc21.O=CN[C@H]1CC[C@@H](c2ccc(Cl)c(Cl)c2)c2ccccc21.O=CN[C@H]1CC[C@H](c2ccc(Cl)c(Cl)c2)c2ccccc21. The van der Waals surface area contributed by atoms with Crippen molar-refractivity contribution < 1.29 is 19.2 Å². The third-order valence-electron chi connectivity index (χ3n) is 24.2. The van der Waals surface area contributed by atoms with Gasteiger partial charge in [-0.2, -0.15) is 0 Å². The van der Waals surface area contributed by atoms with Gasteiger partial charge in [0.05, 0.1) is 84.4 Å². The minimum Gasteiger partial charge on any atom is -0.352 e. The number of carbonyl (C=O) groups is 4. The molecule has 6 aliphatic carbocycles. The maximum atomic E-state index is 10.8. The van der Waals surface area contributed by atoms with Crippen LogP contribution in [0.25, 0.3) is 0 Å². The van der Waals surface area contributed by atoms with E-state index in [0.29, 0.717) is 95.8 Å². The van der Waals surface area contributed by atoms with Gasteiger partial charge in [0.25, 0.3) is 0 Å². The molecule has 1 unspecified atom stereocenters. The highest BCUT2D eigenvalue weighted by molar-refractivity contribution is 6.44. The van der Waals surface area contributed by atoms with E-state index in [2.05, 4.69) is 130 Å². The molecule has 12 aromatic rings. The minimum absolute atomic E-state index is 0. The molecule has 644 valence electrons. The fraction of sp³-hybridized carbons (Fsp3) is 0.240. The van der Waals surface area contributed by atoms with Crippen LogP contribution in [0, 0.1) is 0 Å². The van der Waals surface area contributed by atoms with Gasteiger partial charge in [-0.15, -0.1) is 24.8 Å². The number of rotatable bonds is 14. The topological polar surface area (TPSA) is 168 Å². The summed E-state index contributed by atoms with van der Waals surface area (Å²) in [5, 5.41) is 18.7. The molecule has 0 heterocycles. The Balaban J connectivity index is 0.000000144. The number of nitrogens with one attached hydrogen (secondary N) is 4. The van der Waals surface area contributed by atoms with Crippen molar-refractivity contribution in [2.24, 2.45) is 11.5 Å². The highest BCUT2D eigenvalue weighted by Gasteiger charge is 2.34. The van der Waals surface area contributed by atoms with E-state index in [1.807, 2.05) is 146 Å². The monoisotopic (exact) mass is 1930 g/mol. The summed E-state index contributed by atoms with van der Waals surface area (Å²) in [6, 6.07) is 85.6. The van der Waals surface area contributed by atoms with E-state index < -0.39 is 0 Å². The van der Waals surface area contributed by atoms with Gasteiger partial charge in [0.1, 0.15) is 0 Å². The number of amides is 4. The lowest BCUT2D eigenvalue weighted by molar-refractivity contribution is -0.111. The Morgan fingerprint density at radius 3 is 0.524 bits per heavy atom. The number of fused-ring (bicyclic) bond motifs is 6. The van der Waals surface area contributed by atoms with Gasteiger partial charge < -0.3 is 32.7 Å². The Kier molecular flexibility index (Phi) is 36.4. The summed E-state index contributed by atoms with van der Waals surface area (Å²) in [6.45, 7) is 0. The van der Waals surface area contributed by atoms with E-state index in [1.165, 1.54) is 100 Å². The fourth-order valence-electron chi connectivity index (χ4n) is 18.3. The molecule has 6 aliphatic rings. The van der Waals surface area contributed by atoms with E-state index >= 15 is 0 Å². The summed E-state index contributed by atoms with van der Waals surface area (Å²) in [4.78, 5) is 43.1. The predicted molar refractivity (Wildman–Crippen MR) is 520 cm³/mol. The first kappa shape index (κ1) is 97.1. The number of benzene rings is 12. The molecule has 0 aromatic heterocycles. The molecule has 124 heavy (non-hydrogen) atoms. The average molecular weight is 1940 g/mol. The van der Waals surface area contributed by atoms with Gasteiger partial charge in [-0.1, -0.05) is 321 Å². The minimum atomic E-state index is 0. The molecule has 12 aromatic carbocycles. The quantitative estimate of drug-likeness (QED) is 0.0593. The summed E-state index contributed by atoms with van der Waals surface area (Å²) >= 11 is 72.9. The molecule has 0 aliphatic heterocycles. The second-order valence-electron chi connectivity index (χ2n) is 31.2. The zero-order valence-electron chi connectivity index (χ0n) is 67.1. The second kappa shape index (κ2) is 46.5. The van der Waals surface area contributed by atoms with Crippen LogP contribution in [0.2, 0.25) is 60.3 Å². The van der Waals surface area contributed by atoms with Gasteiger partial charge in [0.2, 0.25) is 25.6 Å². The van der Waals surface area contributed by atoms with E-state index in [1.54, 1.807) is 0 Å². The van der Waals surface area contributed by atoms with Crippen molar-refractivity contribution in [1.82, 2.24) is 21.3 Å². The van der Waals surface area contributed by atoms with Crippen molar-refractivity contribution in [3.8, 4) is 0 Å². The zero-order valence-corrected chi connectivity index (χ0v) is 77.8. The van der Waals surface area contributed by atoms with Gasteiger partial charge in [0, 0.05) is 47.6 Å². The van der Waals surface area contributed by atoms with Crippen LogP contribution in [-0.2, 0) is 19.2 Å². The Morgan fingerprint density at radius 1 is 0.202 bits per heavy atom. The normalized spacial score (nSPS) is 20.8. The highest BCUT2D eigenvalue weighted by atomic mass is 35.5. The van der Waals surface area contributed by atoms with Crippen LogP contribution in [-0.4, -0.2) is 25.6 Å². The van der Waals surface area contributed by atoms with Crippen LogP contribution in [0.5, 0.6) is 0 Å². The molecule has 0 spiro atoms. The Labute approximate surface area is 798 Å². The van der Waals surface area contributed by atoms with Gasteiger partial charge in [-0.05, 0) is 250 Å². The highest BCUT2D eigenvalue weighted by Crippen LogP contribution is 2.49. The maximum absolute atomic E-state index is 10.8. The molecule has 0 radical (unpaired) electrons. The third kappa shape index (κ3) is 23.5. The van der Waals surface area contributed by atoms with Crippen molar-refractivity contribution in [1.29, 1.82) is 0 Å². The second-order valence-corrected chi connectivity index (χ2v) is 36.0. The van der Waals surface area contributed by atoms with Crippen LogP contribution in [0.1, 0.15) is 249 Å². The largest absolute Gasteiger partial charge is 0.352 e. The number of carbonyl (C=O) groups excluding carboxylic acids is 4. The molecule has 0 saturated heterocycles. The van der Waals surface area contributed by atoms with Crippen molar-refractivity contribution in [2.75, 3.05) is 0 Å². The summed E-state index contributed by atoms with van der Waals surface area (Å²) in [7, 11) is 0. The van der Waals surface area contributed by atoms with E-state index in [4.69, 9.17) is 151 Å². The lowest BCUT2D eigenvalue weighted by Gasteiger charge is -2.31. The molecule has 0 bridgehead atoms. The van der Waals surface area contributed by atoms with Crippen molar-refractivity contribution in [3.63, 3.8) is 0 Å². The first-order chi connectivity index (χ1) is 59.1. The van der Waals surface area contributed by atoms with Gasteiger partial charge in [-0.3, -0.25) is 19.2 Å². The van der Waals surface area contributed by atoms with E-state index in [0.717, 1.165) is 103 Å². The van der Waals surface area contributed by atoms with Crippen LogP contribution < -0.4 is 32.7 Å². The predicted octanol–water partition coefficient (Wildman–Crippen LogP) is 29.5. The van der Waals surface area contributed by atoms with Crippen molar-refractivity contribution >= 4 is 190 Å². The van der Waals surface area contributed by atoms with Gasteiger partial charge in [-0.25, -0.2) is 0 Å². The van der Waals surface area contributed by atoms with Gasteiger partial charge >= 0.3 is 0 Å². The van der Waals surface area contributed by atoms with Crippen LogP contribution in [0.4, 0.5) is 0 Å². The molecule has 10 nitrogen and oxygen atoms in total. The molecule has 8 N–H and O–H groups in total. The maximum Gasteiger partial charge on any atom is 0.207 e. The summed E-state index contributed by atoms with van der Waals surface area (Å²) in [6.07, 6.45) is 14.8. The Hall–Kier alpha value is -7.50.